The van der Waals surface area contributed by atoms with Gasteiger partial charge in [-0.1, -0.05) is 6.07 Å². The highest BCUT2D eigenvalue weighted by molar-refractivity contribution is 5.88. The van der Waals surface area contributed by atoms with Crippen LogP contribution in [0.5, 0.6) is 11.5 Å². The van der Waals surface area contributed by atoms with Crippen molar-refractivity contribution in [2.45, 2.75) is 19.9 Å². The number of carbonyl (C=O) groups is 1. The zero-order valence-corrected chi connectivity index (χ0v) is 11.8. The molecule has 2 aromatic rings. The topological polar surface area (TPSA) is 89.8 Å². The molecule has 0 aliphatic rings. The maximum absolute atomic E-state index is 10.9. The Morgan fingerprint density at radius 1 is 1.14 bits per heavy atom. The van der Waals surface area contributed by atoms with E-state index < -0.39 is 5.97 Å². The summed E-state index contributed by atoms with van der Waals surface area (Å²) < 4.78 is 0. The highest BCUT2D eigenvalue weighted by Crippen LogP contribution is 2.34. The van der Waals surface area contributed by atoms with Gasteiger partial charge in [0.1, 0.15) is 11.5 Å². The molecule has 1 unspecified atom stereocenters. The largest absolute Gasteiger partial charge is 0.507 e. The van der Waals surface area contributed by atoms with E-state index in [9.17, 15) is 15.0 Å². The Kier molecular flexibility index (Phi) is 4.03. The molecule has 0 saturated carbocycles. The standard InChI is InChI=1S/C16H17NO4/c1-9-8-11(16(20)21)6-7-12(9)17-10(2)15-13(18)4-3-5-14(15)19/h3-8,10,17-19H,1-2H3,(H,20,21). The molecule has 21 heavy (non-hydrogen) atoms. The van der Waals surface area contributed by atoms with Crippen LogP contribution in [0.3, 0.4) is 0 Å². The number of hydrogen-bond donors (Lipinski definition) is 4. The summed E-state index contributed by atoms with van der Waals surface area (Å²) in [6.07, 6.45) is 0. The lowest BCUT2D eigenvalue weighted by molar-refractivity contribution is 0.0697. The third kappa shape index (κ3) is 3.08. The first-order valence-corrected chi connectivity index (χ1v) is 6.51. The summed E-state index contributed by atoms with van der Waals surface area (Å²) in [4.78, 5) is 10.9. The van der Waals surface area contributed by atoms with Crippen LogP contribution in [0.25, 0.3) is 0 Å². The van der Waals surface area contributed by atoms with E-state index in [1.165, 1.54) is 18.2 Å². The summed E-state index contributed by atoms with van der Waals surface area (Å²) in [5.41, 5.74) is 2.14. The van der Waals surface area contributed by atoms with Gasteiger partial charge in [-0.2, -0.15) is 0 Å². The summed E-state index contributed by atoms with van der Waals surface area (Å²) >= 11 is 0. The first kappa shape index (κ1) is 14.7. The minimum atomic E-state index is -0.976. The Bertz CT molecular complexity index is 662. The fourth-order valence-corrected chi connectivity index (χ4v) is 2.25. The Morgan fingerprint density at radius 3 is 2.29 bits per heavy atom. The minimum absolute atomic E-state index is 0.00908. The molecule has 0 spiro atoms. The van der Waals surface area contributed by atoms with Crippen molar-refractivity contribution in [2.75, 3.05) is 5.32 Å². The summed E-state index contributed by atoms with van der Waals surface area (Å²) in [5.74, 6) is -0.958. The van der Waals surface area contributed by atoms with Crippen LogP contribution in [0, 0.1) is 6.92 Å². The number of phenolic OH excluding ortho intramolecular Hbond substituents is 2. The molecule has 2 rings (SSSR count). The second-order valence-corrected chi connectivity index (χ2v) is 4.91. The van der Waals surface area contributed by atoms with Gasteiger partial charge in [0.05, 0.1) is 17.2 Å². The number of aryl methyl sites for hydroxylation is 1. The first-order valence-electron chi connectivity index (χ1n) is 6.51. The van der Waals surface area contributed by atoms with Crippen molar-refractivity contribution in [3.8, 4) is 11.5 Å². The van der Waals surface area contributed by atoms with Crippen LogP contribution in [-0.4, -0.2) is 21.3 Å². The van der Waals surface area contributed by atoms with Crippen LogP contribution in [0.1, 0.15) is 34.5 Å². The fourth-order valence-electron chi connectivity index (χ4n) is 2.25. The van der Waals surface area contributed by atoms with Crippen LogP contribution in [0.2, 0.25) is 0 Å². The van der Waals surface area contributed by atoms with Crippen molar-refractivity contribution in [1.82, 2.24) is 0 Å². The van der Waals surface area contributed by atoms with E-state index in [1.54, 1.807) is 32.0 Å². The molecule has 0 amide bonds. The quantitative estimate of drug-likeness (QED) is 0.693. The molecule has 110 valence electrons. The molecule has 0 bridgehead atoms. The number of aromatic hydroxyl groups is 2. The van der Waals surface area contributed by atoms with Crippen LogP contribution in [0.4, 0.5) is 5.69 Å². The number of benzene rings is 2. The number of anilines is 1. The zero-order chi connectivity index (χ0) is 15.6. The first-order chi connectivity index (χ1) is 9.90. The number of carboxylic acid groups (broad SMARTS) is 1. The molecular weight excluding hydrogens is 270 g/mol. The molecule has 5 nitrogen and oxygen atoms in total. The molecule has 0 radical (unpaired) electrons. The third-order valence-electron chi connectivity index (χ3n) is 3.34. The molecule has 5 heteroatoms. The molecule has 0 saturated heterocycles. The lowest BCUT2D eigenvalue weighted by Crippen LogP contribution is -2.09. The van der Waals surface area contributed by atoms with Crippen molar-refractivity contribution >= 4 is 11.7 Å². The monoisotopic (exact) mass is 287 g/mol. The van der Waals surface area contributed by atoms with Crippen molar-refractivity contribution in [3.63, 3.8) is 0 Å². The number of hydrogen-bond acceptors (Lipinski definition) is 4. The predicted octanol–water partition coefficient (Wildman–Crippen LogP) is 3.28. The van der Waals surface area contributed by atoms with Gasteiger partial charge in [-0.05, 0) is 49.7 Å². The van der Waals surface area contributed by atoms with Gasteiger partial charge in [0.15, 0.2) is 0 Å². The van der Waals surface area contributed by atoms with Gasteiger partial charge >= 0.3 is 5.97 Å². The van der Waals surface area contributed by atoms with Crippen molar-refractivity contribution in [3.05, 3.63) is 53.1 Å². The molecule has 0 fully saturated rings. The van der Waals surface area contributed by atoms with Gasteiger partial charge in [-0.15, -0.1) is 0 Å². The summed E-state index contributed by atoms with van der Waals surface area (Å²) in [6, 6.07) is 9.00. The van der Waals surface area contributed by atoms with Gasteiger partial charge in [-0.25, -0.2) is 4.79 Å². The molecule has 0 aliphatic carbocycles. The molecule has 0 heterocycles. The normalized spacial score (nSPS) is 11.9. The Hall–Kier alpha value is -2.69. The lowest BCUT2D eigenvalue weighted by atomic mass is 10.0. The maximum Gasteiger partial charge on any atom is 0.335 e. The van der Waals surface area contributed by atoms with Gasteiger partial charge in [0.2, 0.25) is 0 Å². The van der Waals surface area contributed by atoms with Crippen molar-refractivity contribution in [2.24, 2.45) is 0 Å². The predicted molar refractivity (Wildman–Crippen MR) is 79.9 cm³/mol. The van der Waals surface area contributed by atoms with E-state index in [0.29, 0.717) is 5.56 Å². The summed E-state index contributed by atoms with van der Waals surface area (Å²) in [7, 11) is 0. The SMILES string of the molecule is Cc1cc(C(=O)O)ccc1NC(C)c1c(O)cccc1O. The van der Waals surface area contributed by atoms with Crippen molar-refractivity contribution < 1.29 is 20.1 Å². The second kappa shape index (κ2) is 5.75. The van der Waals surface area contributed by atoms with Gasteiger partial charge in [0.25, 0.3) is 0 Å². The Labute approximate surface area is 122 Å². The average Bonchev–Trinajstić information content (AvgIpc) is 2.40. The second-order valence-electron chi connectivity index (χ2n) is 4.91. The van der Waals surface area contributed by atoms with Crippen LogP contribution in [0.15, 0.2) is 36.4 Å². The van der Waals surface area contributed by atoms with E-state index in [2.05, 4.69) is 5.32 Å². The van der Waals surface area contributed by atoms with E-state index in [4.69, 9.17) is 5.11 Å². The number of aromatic carboxylic acids is 1. The average molecular weight is 287 g/mol. The fraction of sp³-hybridized carbons (Fsp3) is 0.188. The highest BCUT2D eigenvalue weighted by atomic mass is 16.4. The molecule has 0 aromatic heterocycles. The van der Waals surface area contributed by atoms with Gasteiger partial charge in [-0.3, -0.25) is 0 Å². The molecule has 0 aliphatic heterocycles. The van der Waals surface area contributed by atoms with E-state index in [0.717, 1.165) is 11.3 Å². The van der Waals surface area contributed by atoms with Gasteiger partial charge in [0, 0.05) is 5.69 Å². The number of carboxylic acids is 1. The smallest absolute Gasteiger partial charge is 0.335 e. The van der Waals surface area contributed by atoms with Crippen LogP contribution in [-0.2, 0) is 0 Å². The van der Waals surface area contributed by atoms with E-state index >= 15 is 0 Å². The van der Waals surface area contributed by atoms with Gasteiger partial charge < -0.3 is 20.6 Å². The number of phenols is 2. The van der Waals surface area contributed by atoms with Crippen LogP contribution < -0.4 is 5.32 Å². The summed E-state index contributed by atoms with van der Waals surface area (Å²) in [6.45, 7) is 3.60. The van der Waals surface area contributed by atoms with Crippen LogP contribution >= 0.6 is 0 Å². The van der Waals surface area contributed by atoms with E-state index in [1.807, 2.05) is 0 Å². The molecule has 2 aromatic carbocycles. The van der Waals surface area contributed by atoms with Crippen molar-refractivity contribution in [1.29, 1.82) is 0 Å². The zero-order valence-electron chi connectivity index (χ0n) is 11.8. The molecular formula is C16H17NO4. The highest BCUT2D eigenvalue weighted by Gasteiger charge is 2.16. The molecule has 1 atom stereocenters. The Morgan fingerprint density at radius 2 is 1.76 bits per heavy atom. The minimum Gasteiger partial charge on any atom is -0.507 e. The lowest BCUT2D eigenvalue weighted by Gasteiger charge is -2.19. The van der Waals surface area contributed by atoms with E-state index in [-0.39, 0.29) is 23.1 Å². The Balaban J connectivity index is 2.28. The maximum atomic E-state index is 10.9. The number of nitrogens with one attached hydrogen (secondary N) is 1. The third-order valence-corrected chi connectivity index (χ3v) is 3.34. The number of rotatable bonds is 4. The molecule has 4 N–H and O–H groups in total. The summed E-state index contributed by atoms with van der Waals surface area (Å²) in [5, 5.41) is 31.8.